The lowest BCUT2D eigenvalue weighted by atomic mass is 9.95. The molecule has 0 aromatic heterocycles. The van der Waals surface area contributed by atoms with Gasteiger partial charge >= 0.3 is 43.0 Å². The molecule has 0 saturated carbocycles. The van der Waals surface area contributed by atoms with Gasteiger partial charge in [0.05, 0.1) is 81.7 Å². The van der Waals surface area contributed by atoms with Crippen LogP contribution in [0.4, 0.5) is 0 Å². The lowest BCUT2D eigenvalue weighted by Crippen LogP contribution is -2.68. The van der Waals surface area contributed by atoms with Gasteiger partial charge in [-0.2, -0.15) is 4.31 Å². The number of phosphoric ester groups is 3. The summed E-state index contributed by atoms with van der Waals surface area (Å²) < 4.78 is 118. The van der Waals surface area contributed by atoms with Crippen LogP contribution in [0.5, 0.6) is 0 Å². The van der Waals surface area contributed by atoms with Crippen LogP contribution < -0.4 is 16.4 Å². The summed E-state index contributed by atoms with van der Waals surface area (Å²) in [7, 11) is -22.3. The standard InChI is InChI=1S/C77H151N3O28P4/c1-9-14-18-22-26-30-34-38-42-46-59(81)53-65(85)79-69-73(103-67(87)55-61(83)48-44-40-36-32-28-24-20-16-11-3)71(89)63(101-76(69)106-112(96,97)107-109(90,91)52-13-5)57-98-75-70(80-66(86)54-60(82)47-43-39-35-31-27-23-19-15-10-2)74(104-68(88)56-62(84)49-45-41-37-33-29-25-21-17-12-4)72(64(102-75)58-99-77(6,7)8)105-111(94,95)108-110(92,93)100-51-50-78/h59-64,69-76,81-84,89H,9-58,78H2,1-8H3,(H,79,85)(H,80,86)(H,90,91)(H,92,93)(H,94,95)(H,96,97)/t59-,60-,61-,62-,63?,64?,69?,70?,71-,72-,73-,74-,75-,76-/m1/s1. The van der Waals surface area contributed by atoms with Crippen molar-refractivity contribution in [2.75, 3.05) is 32.5 Å². The second-order valence-corrected chi connectivity index (χ2v) is 38.1. The van der Waals surface area contributed by atoms with Gasteiger partial charge in [-0.3, -0.25) is 37.3 Å². The number of amides is 2. The molecule has 8 unspecified atom stereocenters. The molecule has 0 aliphatic carbocycles. The molecular weight excluding hydrogens is 1540 g/mol. The first-order chi connectivity index (χ1) is 53.1. The van der Waals surface area contributed by atoms with E-state index in [1.165, 1.54) is 6.92 Å². The van der Waals surface area contributed by atoms with Gasteiger partial charge in [0.25, 0.3) is 0 Å². The number of nitrogens with two attached hydrogens (primary N) is 1. The Balaban J connectivity index is 2.94. The number of carbonyl (C=O) groups excluding carboxylic acids is 4. The largest absolute Gasteiger partial charge is 0.481 e. The van der Waals surface area contributed by atoms with Crippen molar-refractivity contribution in [3.05, 3.63) is 0 Å². The molecule has 0 aromatic rings. The topological polar surface area (TPSA) is 470 Å². The molecule has 18 atom stereocenters. The van der Waals surface area contributed by atoms with Crippen molar-refractivity contribution < 1.29 is 133 Å². The first-order valence-electron chi connectivity index (χ1n) is 42.5. The minimum Gasteiger partial charge on any atom is -0.457 e. The molecule has 0 radical (unpaired) electrons. The molecule has 0 spiro atoms. The van der Waals surface area contributed by atoms with Gasteiger partial charge in [-0.1, -0.05) is 266 Å². The Labute approximate surface area is 669 Å². The van der Waals surface area contributed by atoms with Crippen LogP contribution in [0.1, 0.15) is 344 Å². The molecule has 0 aromatic carbocycles. The van der Waals surface area contributed by atoms with Crippen LogP contribution in [0.25, 0.3) is 0 Å². The molecule has 2 fully saturated rings. The van der Waals surface area contributed by atoms with E-state index < -0.39 is 198 Å². The Hall–Kier alpha value is -1.96. The summed E-state index contributed by atoms with van der Waals surface area (Å²) in [6.07, 6.45) is 9.87. The Kier molecular flexibility index (Phi) is 57.3. The highest BCUT2D eigenvalue weighted by molar-refractivity contribution is 7.64. The molecule has 35 heteroatoms. The number of phosphoric acid groups is 3. The fourth-order valence-corrected chi connectivity index (χ4v) is 18.6. The highest BCUT2D eigenvalue weighted by Crippen LogP contribution is 2.62. The molecule has 0 bridgehead atoms. The van der Waals surface area contributed by atoms with Crippen LogP contribution in [0.15, 0.2) is 0 Å². The third-order valence-corrected chi connectivity index (χ3v) is 25.6. The van der Waals surface area contributed by atoms with Crippen molar-refractivity contribution >= 4 is 54.8 Å². The summed E-state index contributed by atoms with van der Waals surface area (Å²) in [4.78, 5) is 102. The number of rotatable bonds is 70. The predicted molar refractivity (Wildman–Crippen MR) is 426 cm³/mol. The van der Waals surface area contributed by atoms with Crippen LogP contribution in [-0.2, 0) is 88.1 Å². The molecule has 2 aliphatic rings. The van der Waals surface area contributed by atoms with E-state index in [1.54, 1.807) is 20.8 Å². The number of carbonyl (C=O) groups is 4. The second kappa shape index (κ2) is 60.5. The van der Waals surface area contributed by atoms with Crippen molar-refractivity contribution in [1.29, 1.82) is 0 Å². The number of aliphatic hydroxyl groups excluding tert-OH is 5. The Morgan fingerprint density at radius 2 is 0.777 bits per heavy atom. The zero-order valence-corrected chi connectivity index (χ0v) is 72.7. The summed E-state index contributed by atoms with van der Waals surface area (Å²) in [6, 6.07) is -4.05. The molecule has 13 N–H and O–H groups in total. The Morgan fingerprint density at radius 1 is 0.429 bits per heavy atom. The van der Waals surface area contributed by atoms with E-state index in [9.17, 15) is 82.5 Å². The maximum atomic E-state index is 14.6. The molecule has 662 valence electrons. The molecule has 2 rings (SSSR count). The Bertz CT molecular complexity index is 2690. The summed E-state index contributed by atoms with van der Waals surface area (Å²) in [5.41, 5.74) is 4.40. The van der Waals surface area contributed by atoms with Crippen LogP contribution in [-0.4, -0.2) is 193 Å². The first kappa shape index (κ1) is 106. The molecule has 31 nitrogen and oxygen atoms in total. The number of nitrogens with one attached hydrogen (secondary N) is 2. The molecule has 2 amide bonds. The molecular formula is C77H151N3O28P4. The molecule has 112 heavy (non-hydrogen) atoms. The molecule has 2 aliphatic heterocycles. The Morgan fingerprint density at radius 3 is 1.15 bits per heavy atom. The molecule has 2 heterocycles. The van der Waals surface area contributed by atoms with Gasteiger partial charge in [0, 0.05) is 6.54 Å². The third-order valence-electron chi connectivity index (χ3n) is 19.6. The van der Waals surface area contributed by atoms with Crippen molar-refractivity contribution in [2.24, 2.45) is 5.73 Å². The normalized spacial score (nSPS) is 23.5. The summed E-state index contributed by atoms with van der Waals surface area (Å²) in [5, 5.41) is 63.1. The second-order valence-electron chi connectivity index (χ2n) is 31.6. The van der Waals surface area contributed by atoms with Crippen LogP contribution in [0.2, 0.25) is 0 Å². The van der Waals surface area contributed by atoms with E-state index in [0.29, 0.717) is 25.7 Å². The first-order valence-corrected chi connectivity index (χ1v) is 48.8. The van der Waals surface area contributed by atoms with Crippen LogP contribution in [0, 0.1) is 0 Å². The third kappa shape index (κ3) is 50.8. The maximum Gasteiger partial charge on any atom is 0.481 e. The number of ether oxygens (including phenoxy) is 6. The maximum absolute atomic E-state index is 14.6. The number of hydrogen-bond donors (Lipinski definition) is 12. The van der Waals surface area contributed by atoms with E-state index in [2.05, 4.69) is 38.3 Å². The van der Waals surface area contributed by atoms with Gasteiger partial charge in [-0.25, -0.2) is 18.0 Å². The summed E-state index contributed by atoms with van der Waals surface area (Å²) in [5.74, 6) is -4.28. The number of hydrogen-bond acceptors (Lipinski definition) is 25. The number of unbranched alkanes of at least 4 members (excludes halogenated alkanes) is 32. The zero-order valence-electron chi connectivity index (χ0n) is 69.1. The van der Waals surface area contributed by atoms with Crippen LogP contribution in [0.3, 0.4) is 0 Å². The fraction of sp³-hybridized carbons (Fsp3) is 0.948. The quantitative estimate of drug-likeness (QED) is 0.0153. The van der Waals surface area contributed by atoms with Gasteiger partial charge in [0.2, 0.25) is 11.8 Å². The van der Waals surface area contributed by atoms with Gasteiger partial charge in [0.15, 0.2) is 24.8 Å². The fourth-order valence-electron chi connectivity index (χ4n) is 13.6. The number of esters is 2. The molecule has 2 saturated heterocycles. The highest BCUT2D eigenvalue weighted by atomic mass is 31.3. The van der Waals surface area contributed by atoms with Gasteiger partial charge in [-0.15, -0.1) is 0 Å². The van der Waals surface area contributed by atoms with Crippen molar-refractivity contribution in [1.82, 2.24) is 10.6 Å². The van der Waals surface area contributed by atoms with Gasteiger partial charge < -0.3 is 89.9 Å². The SMILES string of the molecule is CCCCCCCCCCC[C@@H](O)CC(=O)NC1[C@@H](OP(=O)(O)OP(=O)(O)CCC)OC(CO[C@@H]2OC(COC(C)(C)C)[C@@H](OP(=O)(O)OP(=O)(O)OCCN)[C@H](OC(=O)C[C@H](O)CCCCCCCCCCC)C2NC(=O)C[C@H](O)CCCCCCCCCCC)[C@@H](O)[C@@H]1OC(=O)C[C@H](O)CCCCCCCCCCC. The average molecular weight is 1690 g/mol. The van der Waals surface area contributed by atoms with E-state index in [-0.39, 0.29) is 38.6 Å². The smallest absolute Gasteiger partial charge is 0.457 e. The monoisotopic (exact) mass is 1690 g/mol. The van der Waals surface area contributed by atoms with Crippen molar-refractivity contribution in [3.63, 3.8) is 0 Å². The van der Waals surface area contributed by atoms with Crippen LogP contribution >= 0.6 is 31.1 Å². The van der Waals surface area contributed by atoms with E-state index >= 15 is 0 Å². The summed E-state index contributed by atoms with van der Waals surface area (Å²) >= 11 is 0. The number of aliphatic hydroxyl groups is 5. The lowest BCUT2D eigenvalue weighted by molar-refractivity contribution is -0.299. The van der Waals surface area contributed by atoms with Gasteiger partial charge in [-0.05, 0) is 52.9 Å². The lowest BCUT2D eigenvalue weighted by Gasteiger charge is -2.47. The van der Waals surface area contributed by atoms with Crippen molar-refractivity contribution in [3.8, 4) is 0 Å². The zero-order chi connectivity index (χ0) is 83.4. The summed E-state index contributed by atoms with van der Waals surface area (Å²) in [6.45, 7) is 12.2. The highest BCUT2D eigenvalue weighted by Gasteiger charge is 2.56. The average Bonchev–Trinajstić information content (AvgIpc) is 0.776. The minimum absolute atomic E-state index is 0.0213. The van der Waals surface area contributed by atoms with E-state index in [0.717, 1.165) is 205 Å². The van der Waals surface area contributed by atoms with Gasteiger partial charge in [0.1, 0.15) is 36.5 Å². The van der Waals surface area contributed by atoms with Crippen molar-refractivity contribution in [2.45, 2.75) is 436 Å². The van der Waals surface area contributed by atoms with E-state index in [4.69, 9.17) is 56.3 Å². The predicted octanol–water partition coefficient (Wildman–Crippen LogP) is 14.4. The minimum atomic E-state index is -5.97. The van der Waals surface area contributed by atoms with E-state index in [1.807, 2.05) is 0 Å².